The predicted octanol–water partition coefficient (Wildman–Crippen LogP) is 0.301. The minimum Gasteiger partial charge on any atom is -0.364 e. The summed E-state index contributed by atoms with van der Waals surface area (Å²) in [5.74, 6) is 0.380. The molecule has 29 heavy (non-hydrogen) atoms. The van der Waals surface area contributed by atoms with Gasteiger partial charge in [0.2, 0.25) is 10.0 Å². The molecule has 0 spiro atoms. The van der Waals surface area contributed by atoms with Crippen LogP contribution in [-0.4, -0.2) is 86.9 Å². The van der Waals surface area contributed by atoms with Crippen molar-refractivity contribution >= 4 is 25.8 Å². The summed E-state index contributed by atoms with van der Waals surface area (Å²) in [5.41, 5.74) is 0.377. The highest BCUT2D eigenvalue weighted by molar-refractivity contribution is 7.92. The van der Waals surface area contributed by atoms with E-state index in [1.165, 1.54) is 16.6 Å². The van der Waals surface area contributed by atoms with Crippen molar-refractivity contribution in [2.24, 2.45) is 4.99 Å². The van der Waals surface area contributed by atoms with Gasteiger partial charge in [0.15, 0.2) is 15.8 Å². The van der Waals surface area contributed by atoms with E-state index in [-0.39, 0.29) is 18.1 Å². The zero-order chi connectivity index (χ0) is 21.7. The topological polar surface area (TPSA) is 125 Å². The molecule has 2 heterocycles. The van der Waals surface area contributed by atoms with Gasteiger partial charge in [0.25, 0.3) is 0 Å². The van der Waals surface area contributed by atoms with Gasteiger partial charge < -0.3 is 14.7 Å². The molecule has 1 aromatic heterocycles. The van der Waals surface area contributed by atoms with Crippen LogP contribution in [0.4, 0.5) is 0 Å². The normalized spacial score (nSPS) is 17.5. The van der Waals surface area contributed by atoms with Crippen molar-refractivity contribution in [3.05, 3.63) is 18.0 Å². The summed E-state index contributed by atoms with van der Waals surface area (Å²) in [6.45, 7) is 9.34. The summed E-state index contributed by atoms with van der Waals surface area (Å²) in [4.78, 5) is 6.40. The Hall–Kier alpha value is -1.66. The van der Waals surface area contributed by atoms with Crippen molar-refractivity contribution in [2.75, 3.05) is 45.0 Å². The van der Waals surface area contributed by atoms with E-state index in [1.807, 2.05) is 11.8 Å². The second-order valence-corrected chi connectivity index (χ2v) is 12.6. The summed E-state index contributed by atoms with van der Waals surface area (Å²) in [5, 5.41) is 6.82. The predicted molar refractivity (Wildman–Crippen MR) is 112 cm³/mol. The van der Waals surface area contributed by atoms with Crippen LogP contribution in [-0.2, 0) is 25.6 Å². The number of nitrogens with zero attached hydrogens (tertiary/aromatic N) is 4. The van der Waals surface area contributed by atoms with Crippen LogP contribution in [0.3, 0.4) is 0 Å². The summed E-state index contributed by atoms with van der Waals surface area (Å²) in [7, 11) is -6.72. The third-order valence-corrected chi connectivity index (χ3v) is 9.04. The molecule has 12 heteroatoms. The summed E-state index contributed by atoms with van der Waals surface area (Å²) < 4.78 is 54.9. The molecule has 1 aromatic rings. The van der Waals surface area contributed by atoms with E-state index in [9.17, 15) is 16.8 Å². The number of sulfone groups is 1. The number of hydrogen-bond acceptors (Lipinski definition) is 7. The third kappa shape index (κ3) is 6.41. The van der Waals surface area contributed by atoms with Crippen LogP contribution in [0, 0.1) is 0 Å². The van der Waals surface area contributed by atoms with Crippen LogP contribution in [0.2, 0.25) is 0 Å². The largest absolute Gasteiger partial charge is 0.364 e. The molecule has 1 N–H and O–H groups in total. The average Bonchev–Trinajstić information content (AvgIpc) is 3.12. The Kier molecular flexibility index (Phi) is 7.68. The van der Waals surface area contributed by atoms with Crippen molar-refractivity contribution < 1.29 is 21.4 Å². The molecule has 0 aliphatic carbocycles. The number of hydrogen-bond donors (Lipinski definition) is 1. The van der Waals surface area contributed by atoms with Gasteiger partial charge in [0.05, 0.1) is 22.7 Å². The molecule has 1 aliphatic rings. The van der Waals surface area contributed by atoms with Crippen LogP contribution < -0.4 is 5.32 Å². The van der Waals surface area contributed by atoms with Gasteiger partial charge in [0, 0.05) is 38.8 Å². The lowest BCUT2D eigenvalue weighted by Crippen LogP contribution is -2.54. The molecule has 1 aliphatic heterocycles. The zero-order valence-corrected chi connectivity index (χ0v) is 19.1. The SMILES string of the molecule is CCNC(=NCCS(=O)(=O)C(C)(C)C)N1CCN(S(=O)(=O)Cc2ccon2)CC1. The van der Waals surface area contributed by atoms with Crippen molar-refractivity contribution in [2.45, 2.75) is 38.2 Å². The standard InChI is InChI=1S/C17H31N5O5S2/c1-5-18-16(19-7-13-28(23,24)17(2,3)4)21-8-10-22(11-9-21)29(25,26)14-15-6-12-27-20-15/h6,12H,5,7-11,13-14H2,1-4H3,(H,18,19). The second kappa shape index (κ2) is 9.43. The van der Waals surface area contributed by atoms with Gasteiger partial charge in [-0.3, -0.25) is 4.99 Å². The Morgan fingerprint density at radius 2 is 1.86 bits per heavy atom. The van der Waals surface area contributed by atoms with Crippen molar-refractivity contribution in [1.82, 2.24) is 19.7 Å². The Balaban J connectivity index is 1.97. The molecule has 2 rings (SSSR count). The molecule has 0 unspecified atom stereocenters. The van der Waals surface area contributed by atoms with Gasteiger partial charge in [-0.1, -0.05) is 5.16 Å². The maximum Gasteiger partial charge on any atom is 0.220 e. The fourth-order valence-corrected chi connectivity index (χ4v) is 5.14. The maximum atomic E-state index is 12.5. The van der Waals surface area contributed by atoms with Gasteiger partial charge in [-0.15, -0.1) is 0 Å². The number of rotatable bonds is 7. The molecule has 0 bridgehead atoms. The van der Waals surface area contributed by atoms with Crippen molar-refractivity contribution in [3.8, 4) is 0 Å². The van der Waals surface area contributed by atoms with Crippen LogP contribution >= 0.6 is 0 Å². The zero-order valence-electron chi connectivity index (χ0n) is 17.5. The average molecular weight is 450 g/mol. The minimum atomic E-state index is -3.48. The van der Waals surface area contributed by atoms with Gasteiger partial charge >= 0.3 is 0 Å². The second-order valence-electron chi connectivity index (χ2n) is 7.80. The molecule has 0 amide bonds. The van der Waals surface area contributed by atoms with Crippen LogP contribution in [0.15, 0.2) is 21.8 Å². The van der Waals surface area contributed by atoms with Crippen molar-refractivity contribution in [1.29, 1.82) is 0 Å². The van der Waals surface area contributed by atoms with E-state index < -0.39 is 24.6 Å². The van der Waals surface area contributed by atoms with Crippen LogP contribution in [0.5, 0.6) is 0 Å². The first-order valence-corrected chi connectivity index (χ1v) is 12.8. The van der Waals surface area contributed by atoms with Gasteiger partial charge in [-0.25, -0.2) is 16.8 Å². The summed E-state index contributed by atoms with van der Waals surface area (Å²) in [6.07, 6.45) is 1.35. The molecular formula is C17H31N5O5S2. The van der Waals surface area contributed by atoms with E-state index in [0.29, 0.717) is 44.4 Å². The Morgan fingerprint density at radius 3 is 2.38 bits per heavy atom. The monoisotopic (exact) mass is 449 g/mol. The maximum absolute atomic E-state index is 12.5. The third-order valence-electron chi connectivity index (χ3n) is 4.64. The first-order valence-electron chi connectivity index (χ1n) is 9.59. The first kappa shape index (κ1) is 23.6. The van der Waals surface area contributed by atoms with Crippen LogP contribution in [0.1, 0.15) is 33.4 Å². The molecule has 1 fully saturated rings. The molecule has 0 radical (unpaired) electrons. The Morgan fingerprint density at radius 1 is 1.21 bits per heavy atom. The first-order chi connectivity index (χ1) is 13.5. The molecular weight excluding hydrogens is 418 g/mol. The molecule has 0 atom stereocenters. The minimum absolute atomic E-state index is 0.0303. The highest BCUT2D eigenvalue weighted by atomic mass is 32.2. The smallest absolute Gasteiger partial charge is 0.220 e. The lowest BCUT2D eigenvalue weighted by atomic mass is 10.3. The molecule has 0 saturated carbocycles. The summed E-state index contributed by atoms with van der Waals surface area (Å²) in [6, 6.07) is 1.54. The molecule has 1 saturated heterocycles. The molecule has 166 valence electrons. The van der Waals surface area contributed by atoms with E-state index in [1.54, 1.807) is 20.8 Å². The number of sulfonamides is 1. The highest BCUT2D eigenvalue weighted by Gasteiger charge is 2.30. The number of aliphatic imine (C=N–C) groups is 1. The Bertz CT molecular complexity index is 881. The summed E-state index contributed by atoms with van der Waals surface area (Å²) >= 11 is 0. The number of aromatic nitrogens is 1. The highest BCUT2D eigenvalue weighted by Crippen LogP contribution is 2.16. The lowest BCUT2D eigenvalue weighted by Gasteiger charge is -2.35. The van der Waals surface area contributed by atoms with Crippen molar-refractivity contribution in [3.63, 3.8) is 0 Å². The number of guanidine groups is 1. The Labute approximate surface area is 173 Å². The number of piperazine rings is 1. The lowest BCUT2D eigenvalue weighted by molar-refractivity contribution is 0.260. The molecule has 10 nitrogen and oxygen atoms in total. The fourth-order valence-electron chi connectivity index (χ4n) is 2.77. The molecule has 0 aromatic carbocycles. The van der Waals surface area contributed by atoms with Gasteiger partial charge in [-0.2, -0.15) is 4.31 Å². The number of nitrogens with one attached hydrogen (secondary N) is 1. The van der Waals surface area contributed by atoms with E-state index in [4.69, 9.17) is 4.52 Å². The van der Waals surface area contributed by atoms with E-state index in [2.05, 4.69) is 15.5 Å². The quantitative estimate of drug-likeness (QED) is 0.465. The van der Waals surface area contributed by atoms with E-state index >= 15 is 0 Å². The van der Waals surface area contributed by atoms with E-state index in [0.717, 1.165) is 0 Å². The van der Waals surface area contributed by atoms with Gasteiger partial charge in [0.1, 0.15) is 12.0 Å². The van der Waals surface area contributed by atoms with Gasteiger partial charge in [-0.05, 0) is 27.7 Å². The fraction of sp³-hybridized carbons (Fsp3) is 0.765. The van der Waals surface area contributed by atoms with Crippen LogP contribution in [0.25, 0.3) is 0 Å².